The Morgan fingerprint density at radius 3 is 2.75 bits per heavy atom. The van der Waals surface area contributed by atoms with E-state index in [1.165, 1.54) is 24.6 Å². The summed E-state index contributed by atoms with van der Waals surface area (Å²) in [6.07, 6.45) is 1.66. The van der Waals surface area contributed by atoms with Crippen LogP contribution in [0.15, 0.2) is 47.6 Å². The number of hydrogen-bond donors (Lipinski definition) is 2. The SMILES string of the molecule is COc1cccc(C(=O)NN=Cc2ccc(OC)c(C[NH+]3CCSCC3)c2)c1. The minimum Gasteiger partial charge on any atom is -0.497 e. The molecule has 0 radical (unpaired) electrons. The van der Waals surface area contributed by atoms with Crippen LogP contribution in [0.5, 0.6) is 11.5 Å². The van der Waals surface area contributed by atoms with E-state index in [1.54, 1.807) is 49.6 Å². The molecule has 0 saturated carbocycles. The molecule has 6 nitrogen and oxygen atoms in total. The third-order valence-electron chi connectivity index (χ3n) is 4.66. The molecule has 1 aliphatic heterocycles. The van der Waals surface area contributed by atoms with Crippen LogP contribution in [0.25, 0.3) is 0 Å². The molecule has 0 bridgehead atoms. The molecule has 2 aromatic rings. The second-order valence-corrected chi connectivity index (χ2v) is 7.77. The first-order valence-electron chi connectivity index (χ1n) is 9.25. The molecule has 2 aromatic carbocycles. The molecule has 1 heterocycles. The summed E-state index contributed by atoms with van der Waals surface area (Å²) in [6.45, 7) is 3.27. The summed E-state index contributed by atoms with van der Waals surface area (Å²) in [5.41, 5.74) is 5.15. The summed E-state index contributed by atoms with van der Waals surface area (Å²) in [7, 11) is 3.27. The third kappa shape index (κ3) is 5.50. The number of hydrazone groups is 1. The van der Waals surface area contributed by atoms with Crippen LogP contribution in [0.4, 0.5) is 0 Å². The molecule has 1 fully saturated rings. The van der Waals surface area contributed by atoms with Gasteiger partial charge in [0, 0.05) is 22.6 Å². The zero-order valence-electron chi connectivity index (χ0n) is 16.2. The van der Waals surface area contributed by atoms with Crippen LogP contribution < -0.4 is 19.8 Å². The molecule has 148 valence electrons. The van der Waals surface area contributed by atoms with E-state index >= 15 is 0 Å². The Labute approximate surface area is 169 Å². The van der Waals surface area contributed by atoms with Crippen LogP contribution in [0.2, 0.25) is 0 Å². The summed E-state index contributed by atoms with van der Waals surface area (Å²) >= 11 is 2.02. The smallest absolute Gasteiger partial charge is 0.271 e. The summed E-state index contributed by atoms with van der Waals surface area (Å²) in [6, 6.07) is 12.9. The fraction of sp³-hybridized carbons (Fsp3) is 0.333. The van der Waals surface area contributed by atoms with Gasteiger partial charge in [-0.3, -0.25) is 4.79 Å². The first kappa shape index (κ1) is 20.2. The monoisotopic (exact) mass is 400 g/mol. The van der Waals surface area contributed by atoms with Gasteiger partial charge < -0.3 is 14.4 Å². The molecule has 0 aliphatic carbocycles. The summed E-state index contributed by atoms with van der Waals surface area (Å²) < 4.78 is 10.7. The lowest BCUT2D eigenvalue weighted by Gasteiger charge is -2.24. The second-order valence-electron chi connectivity index (χ2n) is 6.54. The number of nitrogens with zero attached hydrogens (tertiary/aromatic N) is 1. The lowest BCUT2D eigenvalue weighted by atomic mass is 10.1. The zero-order valence-corrected chi connectivity index (χ0v) is 17.1. The van der Waals surface area contributed by atoms with E-state index in [9.17, 15) is 4.79 Å². The molecular formula is C21H26N3O3S+. The number of quaternary nitrogens is 1. The van der Waals surface area contributed by atoms with Crippen molar-refractivity contribution in [1.29, 1.82) is 0 Å². The fourth-order valence-corrected chi connectivity index (χ4v) is 4.19. The Kier molecular flexibility index (Phi) is 7.33. The number of rotatable bonds is 7. The van der Waals surface area contributed by atoms with E-state index in [2.05, 4.69) is 16.6 Å². The van der Waals surface area contributed by atoms with Gasteiger partial charge in [-0.2, -0.15) is 16.9 Å². The number of amides is 1. The lowest BCUT2D eigenvalue weighted by Crippen LogP contribution is -3.12. The highest BCUT2D eigenvalue weighted by Gasteiger charge is 2.16. The van der Waals surface area contributed by atoms with Crippen LogP contribution in [0.1, 0.15) is 21.5 Å². The molecule has 2 N–H and O–H groups in total. The van der Waals surface area contributed by atoms with Gasteiger partial charge >= 0.3 is 0 Å². The number of carbonyl (C=O) groups is 1. The highest BCUT2D eigenvalue weighted by Crippen LogP contribution is 2.19. The molecule has 7 heteroatoms. The summed E-state index contributed by atoms with van der Waals surface area (Å²) in [5, 5.41) is 4.10. The molecule has 1 amide bonds. The number of hydrogen-bond acceptors (Lipinski definition) is 5. The molecule has 0 spiro atoms. The first-order valence-corrected chi connectivity index (χ1v) is 10.4. The molecule has 0 aromatic heterocycles. The summed E-state index contributed by atoms with van der Waals surface area (Å²) in [5.74, 6) is 3.65. The van der Waals surface area contributed by atoms with Gasteiger partial charge in [0.15, 0.2) is 0 Å². The van der Waals surface area contributed by atoms with Crippen molar-refractivity contribution in [2.45, 2.75) is 6.54 Å². The Bertz CT molecular complexity index is 835. The molecular weight excluding hydrogens is 374 g/mol. The second kappa shape index (κ2) is 10.1. The van der Waals surface area contributed by atoms with Gasteiger partial charge in [-0.05, 0) is 42.0 Å². The maximum Gasteiger partial charge on any atom is 0.271 e. The molecule has 1 aliphatic rings. The van der Waals surface area contributed by atoms with Crippen molar-refractivity contribution < 1.29 is 19.2 Å². The normalized spacial score (nSPS) is 14.8. The number of methoxy groups -OCH3 is 2. The zero-order chi connectivity index (χ0) is 19.8. The van der Waals surface area contributed by atoms with Crippen molar-refractivity contribution in [3.63, 3.8) is 0 Å². The Hall–Kier alpha value is -2.51. The van der Waals surface area contributed by atoms with Crippen LogP contribution >= 0.6 is 11.8 Å². The Morgan fingerprint density at radius 1 is 1.18 bits per heavy atom. The third-order valence-corrected chi connectivity index (χ3v) is 5.64. The maximum absolute atomic E-state index is 12.2. The van der Waals surface area contributed by atoms with Crippen molar-refractivity contribution in [3.05, 3.63) is 59.2 Å². The van der Waals surface area contributed by atoms with Crippen LogP contribution in [-0.4, -0.2) is 50.9 Å². The quantitative estimate of drug-likeness (QED) is 0.547. The highest BCUT2D eigenvalue weighted by molar-refractivity contribution is 7.99. The van der Waals surface area contributed by atoms with Gasteiger partial charge in [0.05, 0.1) is 33.5 Å². The Balaban J connectivity index is 1.65. The average molecular weight is 401 g/mol. The van der Waals surface area contributed by atoms with Gasteiger partial charge in [-0.25, -0.2) is 5.43 Å². The number of ether oxygens (including phenoxy) is 2. The summed E-state index contributed by atoms with van der Waals surface area (Å²) in [4.78, 5) is 13.8. The van der Waals surface area contributed by atoms with E-state index in [4.69, 9.17) is 9.47 Å². The van der Waals surface area contributed by atoms with E-state index in [0.717, 1.165) is 23.4 Å². The van der Waals surface area contributed by atoms with E-state index < -0.39 is 0 Å². The lowest BCUT2D eigenvalue weighted by molar-refractivity contribution is -0.910. The van der Waals surface area contributed by atoms with E-state index in [1.807, 2.05) is 23.9 Å². The van der Waals surface area contributed by atoms with Crippen LogP contribution in [0.3, 0.4) is 0 Å². The minimum absolute atomic E-state index is 0.279. The molecule has 3 rings (SSSR count). The molecule has 28 heavy (non-hydrogen) atoms. The Morgan fingerprint density at radius 2 is 2.00 bits per heavy atom. The van der Waals surface area contributed by atoms with Gasteiger partial charge in [0.1, 0.15) is 18.0 Å². The van der Waals surface area contributed by atoms with Crippen molar-refractivity contribution in [1.82, 2.24) is 5.43 Å². The average Bonchev–Trinajstić information content (AvgIpc) is 2.74. The number of thioether (sulfide) groups is 1. The minimum atomic E-state index is -0.279. The fourth-order valence-electron chi connectivity index (χ4n) is 3.12. The van der Waals surface area contributed by atoms with Gasteiger partial charge in [-0.15, -0.1) is 0 Å². The van der Waals surface area contributed by atoms with Crippen molar-refractivity contribution in [3.8, 4) is 11.5 Å². The predicted octanol–water partition coefficient (Wildman–Crippen LogP) is 1.60. The first-order chi connectivity index (χ1) is 13.7. The van der Waals surface area contributed by atoms with Crippen molar-refractivity contribution in [2.24, 2.45) is 5.10 Å². The molecule has 1 saturated heterocycles. The maximum atomic E-state index is 12.2. The molecule has 0 atom stereocenters. The highest BCUT2D eigenvalue weighted by atomic mass is 32.2. The van der Waals surface area contributed by atoms with E-state index in [-0.39, 0.29) is 5.91 Å². The number of nitrogens with one attached hydrogen (secondary N) is 2. The van der Waals surface area contributed by atoms with Crippen molar-refractivity contribution in [2.75, 3.05) is 38.8 Å². The van der Waals surface area contributed by atoms with Gasteiger partial charge in [0.2, 0.25) is 0 Å². The van der Waals surface area contributed by atoms with E-state index in [0.29, 0.717) is 11.3 Å². The largest absolute Gasteiger partial charge is 0.497 e. The number of benzene rings is 2. The van der Waals surface area contributed by atoms with Crippen molar-refractivity contribution >= 4 is 23.9 Å². The topological polar surface area (TPSA) is 64.4 Å². The standard InChI is InChI=1S/C21H25N3O3S/c1-26-19-5-3-4-17(13-19)21(25)23-22-14-16-6-7-20(27-2)18(12-16)15-24-8-10-28-11-9-24/h3-7,12-14H,8-11,15H2,1-2H3,(H,23,25)/p+1. The van der Waals surface area contributed by atoms with Gasteiger partial charge in [0.25, 0.3) is 5.91 Å². The van der Waals surface area contributed by atoms with Gasteiger partial charge in [-0.1, -0.05) is 6.07 Å². The predicted molar refractivity (Wildman–Crippen MR) is 113 cm³/mol. The number of carbonyl (C=O) groups excluding carboxylic acids is 1. The van der Waals surface area contributed by atoms with Crippen LogP contribution in [-0.2, 0) is 6.54 Å². The molecule has 0 unspecified atom stereocenters. The van der Waals surface area contributed by atoms with Crippen LogP contribution in [0, 0.1) is 0 Å².